The molecule has 4 nitrogen and oxygen atoms in total. The summed E-state index contributed by atoms with van der Waals surface area (Å²) < 4.78 is 10.8. The molecule has 0 spiro atoms. The number of carbonyl (C=O) groups is 1. The molecular weight excluding hydrogens is 328 g/mol. The average molecular weight is 363 g/mol. The van der Waals surface area contributed by atoms with Gasteiger partial charge in [-0.15, -0.1) is 0 Å². The summed E-state index contributed by atoms with van der Waals surface area (Å²) in [7, 11) is 0. The molecule has 1 rings (SSSR count). The molecule has 0 saturated carbocycles. The van der Waals surface area contributed by atoms with Crippen molar-refractivity contribution in [1.29, 1.82) is 0 Å². The normalized spacial score (nSPS) is 12.1. The third kappa shape index (κ3) is 6.17. The van der Waals surface area contributed by atoms with Crippen LogP contribution in [0.3, 0.4) is 0 Å². The van der Waals surface area contributed by atoms with E-state index in [0.717, 1.165) is 17.5 Å². The van der Waals surface area contributed by atoms with E-state index in [1.165, 1.54) is 0 Å². The summed E-state index contributed by atoms with van der Waals surface area (Å²) in [5, 5.41) is 10.7. The molecule has 0 heterocycles. The number of rotatable bonds is 7. The Labute approximate surface area is 158 Å². The van der Waals surface area contributed by atoms with Crippen molar-refractivity contribution >= 4 is 5.97 Å². The lowest BCUT2D eigenvalue weighted by Crippen LogP contribution is -2.18. The van der Waals surface area contributed by atoms with Gasteiger partial charge >= 0.3 is 5.97 Å². The van der Waals surface area contributed by atoms with E-state index in [4.69, 9.17) is 9.47 Å². The maximum Gasteiger partial charge on any atom is 0.338 e. The highest BCUT2D eigenvalue weighted by atomic mass is 16.5. The number of ether oxygens (including phenoxy) is 2. The lowest BCUT2D eigenvalue weighted by Gasteiger charge is -2.28. The SMILES string of the molecule is C=C(CCCOCC)C(=O)Oc1cc(C(C)(C)C)c(O)c(C(C)(C)C)c1. The fourth-order valence-electron chi connectivity index (χ4n) is 2.62. The van der Waals surface area contributed by atoms with Crippen LogP contribution in [0.2, 0.25) is 0 Å². The molecule has 0 amide bonds. The third-order valence-electron chi connectivity index (χ3n) is 4.17. The predicted octanol–water partition coefficient (Wildman–Crippen LogP) is 5.27. The number of phenols is 1. The maximum absolute atomic E-state index is 12.4. The van der Waals surface area contributed by atoms with Crippen LogP contribution in [0.4, 0.5) is 0 Å². The quantitative estimate of drug-likeness (QED) is 0.311. The summed E-state index contributed by atoms with van der Waals surface area (Å²) >= 11 is 0. The minimum atomic E-state index is -0.438. The van der Waals surface area contributed by atoms with Crippen LogP contribution in [-0.4, -0.2) is 24.3 Å². The summed E-state index contributed by atoms with van der Waals surface area (Å²) in [5.41, 5.74) is 1.39. The van der Waals surface area contributed by atoms with Gasteiger partial charge in [0.05, 0.1) is 0 Å². The van der Waals surface area contributed by atoms with Crippen molar-refractivity contribution in [3.8, 4) is 11.5 Å². The van der Waals surface area contributed by atoms with Crippen LogP contribution in [-0.2, 0) is 20.4 Å². The van der Waals surface area contributed by atoms with E-state index in [0.29, 0.717) is 31.0 Å². The van der Waals surface area contributed by atoms with Crippen molar-refractivity contribution in [3.05, 3.63) is 35.4 Å². The van der Waals surface area contributed by atoms with Gasteiger partial charge in [-0.05, 0) is 42.7 Å². The van der Waals surface area contributed by atoms with E-state index in [1.807, 2.05) is 48.5 Å². The first-order valence-electron chi connectivity index (χ1n) is 9.23. The van der Waals surface area contributed by atoms with E-state index in [1.54, 1.807) is 12.1 Å². The molecule has 0 fully saturated rings. The van der Waals surface area contributed by atoms with Crippen molar-refractivity contribution in [2.24, 2.45) is 0 Å². The Bertz CT molecular complexity index is 610. The second-order valence-electron chi connectivity index (χ2n) is 8.66. The molecule has 0 atom stereocenters. The largest absolute Gasteiger partial charge is 0.507 e. The Morgan fingerprint density at radius 3 is 2.00 bits per heavy atom. The molecule has 0 aromatic heterocycles. The van der Waals surface area contributed by atoms with E-state index in [9.17, 15) is 9.90 Å². The van der Waals surface area contributed by atoms with Crippen LogP contribution in [0.25, 0.3) is 0 Å². The van der Waals surface area contributed by atoms with Crippen LogP contribution in [0.15, 0.2) is 24.3 Å². The van der Waals surface area contributed by atoms with Gasteiger partial charge in [-0.25, -0.2) is 4.79 Å². The number of phenolic OH excluding ortho intramolecular Hbond substituents is 1. The Balaban J connectivity index is 3.06. The smallest absolute Gasteiger partial charge is 0.338 e. The van der Waals surface area contributed by atoms with Crippen LogP contribution in [0.5, 0.6) is 11.5 Å². The number of aromatic hydroxyl groups is 1. The van der Waals surface area contributed by atoms with Gasteiger partial charge < -0.3 is 14.6 Å². The molecule has 0 aliphatic rings. The van der Waals surface area contributed by atoms with Crippen molar-refractivity contribution < 1.29 is 19.4 Å². The van der Waals surface area contributed by atoms with Crippen LogP contribution in [0, 0.1) is 0 Å². The number of benzene rings is 1. The van der Waals surface area contributed by atoms with Gasteiger partial charge in [0.2, 0.25) is 0 Å². The molecule has 1 aromatic carbocycles. The molecule has 1 N–H and O–H groups in total. The average Bonchev–Trinajstić information content (AvgIpc) is 2.50. The molecule has 0 aliphatic heterocycles. The Morgan fingerprint density at radius 2 is 1.58 bits per heavy atom. The van der Waals surface area contributed by atoms with Gasteiger partial charge in [-0.2, -0.15) is 0 Å². The zero-order chi connectivity index (χ0) is 20.1. The minimum absolute atomic E-state index is 0.264. The van der Waals surface area contributed by atoms with Crippen LogP contribution < -0.4 is 4.74 Å². The topological polar surface area (TPSA) is 55.8 Å². The fourth-order valence-corrected chi connectivity index (χ4v) is 2.62. The minimum Gasteiger partial charge on any atom is -0.507 e. The summed E-state index contributed by atoms with van der Waals surface area (Å²) in [6.45, 7) is 19.2. The lowest BCUT2D eigenvalue weighted by atomic mass is 9.79. The number of carbonyl (C=O) groups excluding carboxylic acids is 1. The summed E-state index contributed by atoms with van der Waals surface area (Å²) in [4.78, 5) is 12.4. The Kier molecular flexibility index (Phi) is 7.45. The zero-order valence-electron chi connectivity index (χ0n) is 17.4. The third-order valence-corrected chi connectivity index (χ3v) is 4.17. The van der Waals surface area contributed by atoms with Crippen LogP contribution >= 0.6 is 0 Å². The standard InChI is InChI=1S/C22H34O4/c1-9-25-12-10-11-15(2)20(24)26-16-13-17(21(3,4)5)19(23)18(14-16)22(6,7)8/h13-14,23H,2,9-12H2,1,3-8H3. The molecule has 0 bridgehead atoms. The zero-order valence-corrected chi connectivity index (χ0v) is 17.4. The van der Waals surface area contributed by atoms with Gasteiger partial charge in [0.25, 0.3) is 0 Å². The highest BCUT2D eigenvalue weighted by Crippen LogP contribution is 2.41. The summed E-state index contributed by atoms with van der Waals surface area (Å²) in [5.74, 6) is 0.265. The van der Waals surface area contributed by atoms with Crippen molar-refractivity contribution in [2.75, 3.05) is 13.2 Å². The van der Waals surface area contributed by atoms with E-state index in [2.05, 4.69) is 6.58 Å². The lowest BCUT2D eigenvalue weighted by molar-refractivity contribution is -0.130. The van der Waals surface area contributed by atoms with Gasteiger partial charge in [-0.1, -0.05) is 48.1 Å². The first kappa shape index (κ1) is 22.2. The fraction of sp³-hybridized carbons (Fsp3) is 0.591. The van der Waals surface area contributed by atoms with Gasteiger partial charge in [-0.3, -0.25) is 0 Å². The molecule has 0 aliphatic carbocycles. The van der Waals surface area contributed by atoms with Gasteiger partial charge in [0.15, 0.2) is 0 Å². The Morgan fingerprint density at radius 1 is 1.08 bits per heavy atom. The van der Waals surface area contributed by atoms with Crippen molar-refractivity contribution in [3.63, 3.8) is 0 Å². The highest BCUT2D eigenvalue weighted by molar-refractivity contribution is 5.89. The maximum atomic E-state index is 12.4. The molecule has 26 heavy (non-hydrogen) atoms. The molecule has 146 valence electrons. The Hall–Kier alpha value is -1.81. The molecule has 0 unspecified atom stereocenters. The first-order chi connectivity index (χ1) is 11.9. The molecule has 4 heteroatoms. The number of esters is 1. The van der Waals surface area contributed by atoms with Crippen molar-refractivity contribution in [2.45, 2.75) is 72.1 Å². The second-order valence-corrected chi connectivity index (χ2v) is 8.66. The summed E-state index contributed by atoms with van der Waals surface area (Å²) in [6.07, 6.45) is 1.27. The molecule has 0 radical (unpaired) electrons. The van der Waals surface area contributed by atoms with Crippen molar-refractivity contribution in [1.82, 2.24) is 0 Å². The summed E-state index contributed by atoms with van der Waals surface area (Å²) in [6, 6.07) is 3.49. The number of hydrogen-bond acceptors (Lipinski definition) is 4. The van der Waals surface area contributed by atoms with Crippen LogP contribution in [0.1, 0.15) is 72.4 Å². The van der Waals surface area contributed by atoms with Gasteiger partial charge in [0, 0.05) is 29.9 Å². The van der Waals surface area contributed by atoms with E-state index < -0.39 is 5.97 Å². The molecule has 0 saturated heterocycles. The van der Waals surface area contributed by atoms with E-state index in [-0.39, 0.29) is 16.6 Å². The van der Waals surface area contributed by atoms with Gasteiger partial charge in [0.1, 0.15) is 11.5 Å². The number of hydrogen-bond donors (Lipinski definition) is 1. The highest BCUT2D eigenvalue weighted by Gasteiger charge is 2.27. The van der Waals surface area contributed by atoms with E-state index >= 15 is 0 Å². The first-order valence-corrected chi connectivity index (χ1v) is 9.23. The second kappa shape index (κ2) is 8.72. The predicted molar refractivity (Wildman–Crippen MR) is 106 cm³/mol. The molecular formula is C22H34O4. The monoisotopic (exact) mass is 362 g/mol. The molecule has 1 aromatic rings.